The van der Waals surface area contributed by atoms with Crippen LogP contribution in [0, 0.1) is 13.8 Å². The van der Waals surface area contributed by atoms with E-state index in [1.807, 2.05) is 71.4 Å². The predicted octanol–water partition coefficient (Wildman–Crippen LogP) is 11.5. The number of aryl methyl sites for hydroxylation is 2. The fourth-order valence-electron chi connectivity index (χ4n) is 7.19. The third-order valence-electron chi connectivity index (χ3n) is 10.2. The zero-order chi connectivity index (χ0) is 48.3. The second-order valence-electron chi connectivity index (χ2n) is 15.0. The van der Waals surface area contributed by atoms with Crippen LogP contribution in [-0.4, -0.2) is 71.2 Å². The van der Waals surface area contributed by atoms with Crippen molar-refractivity contribution in [3.05, 3.63) is 155 Å². The number of nitrogen functional groups attached to an aromatic ring is 1. The van der Waals surface area contributed by atoms with Gasteiger partial charge < -0.3 is 20.9 Å². The Bertz CT molecular complexity index is 3240. The van der Waals surface area contributed by atoms with E-state index in [1.165, 1.54) is 54.0 Å². The molecule has 69 heavy (non-hydrogen) atoms. The summed E-state index contributed by atoms with van der Waals surface area (Å²) >= 11 is 2.18. The van der Waals surface area contributed by atoms with Crippen molar-refractivity contribution in [2.75, 3.05) is 33.9 Å². The Balaban J connectivity index is 0.000000204. The maximum atomic E-state index is 13.6. The Kier molecular flexibility index (Phi) is 14.4. The molecule has 9 rings (SSSR count). The number of hydroxylamine groups is 1. The molecule has 0 spiro atoms. The zero-order valence-electron chi connectivity index (χ0n) is 35.6. The van der Waals surface area contributed by atoms with Crippen LogP contribution >= 0.6 is 22.7 Å². The number of imidazole rings is 2. The number of nitrogens with one attached hydrogen (secondary N) is 2. The number of aromatic nitrogens is 6. The van der Waals surface area contributed by atoms with Crippen molar-refractivity contribution in [3.63, 3.8) is 0 Å². The average molecular weight is 986 g/mol. The number of nitrogens with zero attached hydrogens (tertiary/aromatic N) is 8. The van der Waals surface area contributed by atoms with E-state index in [0.29, 0.717) is 34.2 Å². The molecule has 0 bridgehead atoms. The zero-order valence-corrected chi connectivity index (χ0v) is 37.3. The molecule has 0 saturated heterocycles. The topological polar surface area (TPSA) is 171 Å². The maximum Gasteiger partial charge on any atom is 0.406 e. The molecule has 14 nitrogen and oxygen atoms in total. The van der Waals surface area contributed by atoms with E-state index in [1.54, 1.807) is 35.0 Å². The smallest absolute Gasteiger partial charge is 0.397 e. The molecule has 2 amide bonds. The summed E-state index contributed by atoms with van der Waals surface area (Å²) in [6, 6.07) is 29.2. The van der Waals surface area contributed by atoms with E-state index in [9.17, 15) is 35.9 Å². The summed E-state index contributed by atoms with van der Waals surface area (Å²) in [5.74, 6) is -1.18. The largest absolute Gasteiger partial charge is 0.406 e. The van der Waals surface area contributed by atoms with Crippen molar-refractivity contribution in [2.24, 2.45) is 0 Å². The van der Waals surface area contributed by atoms with Crippen molar-refractivity contribution in [1.82, 2.24) is 34.2 Å². The van der Waals surface area contributed by atoms with Gasteiger partial charge in [0.2, 0.25) is 0 Å². The molecule has 9 aromatic rings. The molecule has 0 radical (unpaired) electrons. The number of anilines is 6. The Morgan fingerprint density at radius 3 is 1.46 bits per heavy atom. The number of thiazole rings is 2. The van der Waals surface area contributed by atoms with Gasteiger partial charge in [-0.2, -0.15) is 26.3 Å². The van der Waals surface area contributed by atoms with E-state index in [-0.39, 0.29) is 40.2 Å². The van der Waals surface area contributed by atoms with Crippen LogP contribution in [0.5, 0.6) is 0 Å². The number of hydrogen-bond acceptors (Lipinski definition) is 12. The molecule has 5 N–H and O–H groups in total. The van der Waals surface area contributed by atoms with Crippen molar-refractivity contribution in [2.45, 2.75) is 33.6 Å². The Labute approximate surface area is 397 Å². The number of benzene rings is 3. The first-order chi connectivity index (χ1) is 32.5. The predicted molar refractivity (Wildman–Crippen MR) is 256 cm³/mol. The molecule has 3 aromatic carbocycles. The molecule has 0 aliphatic carbocycles. The summed E-state index contributed by atoms with van der Waals surface area (Å²) in [6.07, 6.45) is -5.30. The minimum absolute atomic E-state index is 0. The first-order valence-corrected chi connectivity index (χ1v) is 22.0. The second-order valence-corrected chi connectivity index (χ2v) is 16.6. The molecule has 6 aromatic heterocycles. The number of carbonyl (C=O) groups is 2. The van der Waals surface area contributed by atoms with Crippen molar-refractivity contribution >= 4 is 78.8 Å². The van der Waals surface area contributed by atoms with Gasteiger partial charge in [0.15, 0.2) is 10.3 Å². The first-order valence-electron chi connectivity index (χ1n) is 20.2. The molecular weight excluding hydrogens is 945 g/mol. The monoisotopic (exact) mass is 985 g/mol. The number of carbonyl (C=O) groups excluding carboxylic acids is 2. The van der Waals surface area contributed by atoms with Gasteiger partial charge in [0.25, 0.3) is 11.8 Å². The van der Waals surface area contributed by atoms with E-state index in [0.717, 1.165) is 55.2 Å². The van der Waals surface area contributed by atoms with Crippen LogP contribution in [0.15, 0.2) is 132 Å². The number of nitrogens with two attached hydrogens (primary N) is 1. The standard InChI is InChI=1S/C26H21F3N6OS.C20H16F3N5O2S.CH4/c1-16-23(34-13-5-4-8-22(34)31-16)21-14-37-25(33-21)35(15-26(27,28)29)18-11-9-17(10-12-18)24(36)32-20-7-3-2-6-19(20)30;1-12-17(27-9-3-2-4-16(27)24-12)15-10-31-19(25-15)28(11-20(21,22)23)14-7-5-13(6-8-14)18(29)26-30;/h2-14H,15,30H2,1H3,(H,32,36);2-10,30H,11H2,1H3,(H,26,29);1H4. The van der Waals surface area contributed by atoms with Crippen molar-refractivity contribution < 1.29 is 41.1 Å². The van der Waals surface area contributed by atoms with Crippen LogP contribution in [-0.2, 0) is 0 Å². The number of amides is 2. The highest BCUT2D eigenvalue weighted by molar-refractivity contribution is 7.14. The van der Waals surface area contributed by atoms with Gasteiger partial charge in [-0.05, 0) is 98.8 Å². The molecule has 0 aliphatic heterocycles. The minimum Gasteiger partial charge on any atom is -0.397 e. The highest BCUT2D eigenvalue weighted by Crippen LogP contribution is 2.38. The summed E-state index contributed by atoms with van der Waals surface area (Å²) in [7, 11) is 0. The van der Waals surface area contributed by atoms with Gasteiger partial charge in [-0.25, -0.2) is 25.4 Å². The van der Waals surface area contributed by atoms with Crippen LogP contribution in [0.25, 0.3) is 34.1 Å². The number of rotatable bonds is 11. The normalized spacial score (nSPS) is 11.4. The quantitative estimate of drug-likeness (QED) is 0.0423. The number of halogens is 6. The molecule has 356 valence electrons. The molecule has 0 saturated carbocycles. The van der Waals surface area contributed by atoms with Gasteiger partial charge in [-0.3, -0.25) is 23.6 Å². The second kappa shape index (κ2) is 20.2. The van der Waals surface area contributed by atoms with Gasteiger partial charge in [-0.15, -0.1) is 22.7 Å². The molecule has 22 heteroatoms. The van der Waals surface area contributed by atoms with Crippen LogP contribution in [0.2, 0.25) is 0 Å². The highest BCUT2D eigenvalue weighted by atomic mass is 32.1. The van der Waals surface area contributed by atoms with Crippen LogP contribution in [0.1, 0.15) is 39.5 Å². The molecule has 6 heterocycles. The summed E-state index contributed by atoms with van der Waals surface area (Å²) in [5.41, 5.74) is 14.4. The Morgan fingerprint density at radius 2 is 1.04 bits per heavy atom. The summed E-state index contributed by atoms with van der Waals surface area (Å²) in [5, 5.41) is 15.2. The van der Waals surface area contributed by atoms with E-state index >= 15 is 0 Å². The van der Waals surface area contributed by atoms with Crippen LogP contribution < -0.4 is 26.3 Å². The lowest BCUT2D eigenvalue weighted by atomic mass is 10.1. The lowest BCUT2D eigenvalue weighted by Crippen LogP contribution is -2.30. The minimum atomic E-state index is -4.48. The summed E-state index contributed by atoms with van der Waals surface area (Å²) < 4.78 is 84.3. The Morgan fingerprint density at radius 1 is 0.623 bits per heavy atom. The molecule has 0 unspecified atom stereocenters. The number of fused-ring (bicyclic) bond motifs is 2. The molecule has 0 atom stereocenters. The Hall–Kier alpha value is -7.82. The molecule has 0 aliphatic rings. The van der Waals surface area contributed by atoms with E-state index in [4.69, 9.17) is 10.9 Å². The van der Waals surface area contributed by atoms with Gasteiger partial charge in [0, 0.05) is 45.7 Å². The number of hydrogen-bond donors (Lipinski definition) is 4. The van der Waals surface area contributed by atoms with Crippen molar-refractivity contribution in [1.29, 1.82) is 0 Å². The fraction of sp³-hybridized carbons (Fsp3) is 0.149. The van der Waals surface area contributed by atoms with Crippen molar-refractivity contribution in [3.8, 4) is 22.8 Å². The van der Waals surface area contributed by atoms with Gasteiger partial charge in [0.05, 0.1) is 34.2 Å². The maximum absolute atomic E-state index is 13.6. The van der Waals surface area contributed by atoms with Gasteiger partial charge >= 0.3 is 12.4 Å². The lowest BCUT2D eigenvalue weighted by Gasteiger charge is -2.23. The average Bonchev–Trinajstić information content (AvgIpc) is 4.12. The lowest BCUT2D eigenvalue weighted by molar-refractivity contribution is -0.119. The summed E-state index contributed by atoms with van der Waals surface area (Å²) in [6.45, 7) is 1.16. The van der Waals surface area contributed by atoms with Gasteiger partial charge in [0.1, 0.15) is 35.8 Å². The SMILES string of the molecule is C.Cc1nc2ccccn2c1-c1csc(N(CC(F)(F)F)c2ccc(C(=O)NO)cc2)n1.Cc1nc2ccccn2c1-c1csc(N(CC(F)(F)F)c2ccc(C(=O)Nc3ccccc3N)cc2)n1. The van der Waals surface area contributed by atoms with Gasteiger partial charge in [-0.1, -0.05) is 31.7 Å². The third-order valence-corrected chi connectivity index (χ3v) is 11.9. The van der Waals surface area contributed by atoms with E-state index < -0.39 is 37.3 Å². The van der Waals surface area contributed by atoms with Crippen LogP contribution in [0.4, 0.5) is 59.4 Å². The number of para-hydroxylation sites is 2. The fourth-order valence-corrected chi connectivity index (χ4v) is 8.85. The van der Waals surface area contributed by atoms with Crippen LogP contribution in [0.3, 0.4) is 0 Å². The molecular formula is C47H41F6N11O3S2. The third kappa shape index (κ3) is 11.1. The number of alkyl halides is 6. The molecule has 0 fully saturated rings. The summed E-state index contributed by atoms with van der Waals surface area (Å²) in [4.78, 5) is 44.2. The number of pyridine rings is 2. The highest BCUT2D eigenvalue weighted by Gasteiger charge is 2.34. The van der Waals surface area contributed by atoms with E-state index in [2.05, 4.69) is 25.3 Å². The first kappa shape index (κ1) is 49.1.